The highest BCUT2D eigenvalue weighted by atomic mass is 28.4. The minimum Gasteiger partial charge on any atom is -0.413 e. The molecule has 0 aliphatic heterocycles. The summed E-state index contributed by atoms with van der Waals surface area (Å²) in [6.07, 6.45) is 9.85. The number of hydrogen-bond donors (Lipinski definition) is 0. The summed E-state index contributed by atoms with van der Waals surface area (Å²) >= 11 is 0. The predicted molar refractivity (Wildman–Crippen MR) is 111 cm³/mol. The standard InChI is InChI=1S/C22H42O2Si/c1-17(2)10-9-11-18(3)12-13-19-14-20(23)16-21(15-19)24-25(7,8)22(4,5)6/h10,18-19,21H,9,11-16H2,1-8H3/t18-,19-,21+/m1/s1. The van der Waals surface area contributed by atoms with Crippen LogP contribution in [0.5, 0.6) is 0 Å². The Bertz CT molecular complexity index is 455. The van der Waals surface area contributed by atoms with E-state index in [0.29, 0.717) is 18.1 Å². The molecule has 3 heteroatoms. The minimum absolute atomic E-state index is 0.160. The maximum Gasteiger partial charge on any atom is 0.192 e. The van der Waals surface area contributed by atoms with Crippen molar-refractivity contribution in [3.63, 3.8) is 0 Å². The smallest absolute Gasteiger partial charge is 0.192 e. The first-order valence-corrected chi connectivity index (χ1v) is 13.1. The molecule has 1 fully saturated rings. The Morgan fingerprint density at radius 1 is 1.24 bits per heavy atom. The van der Waals surface area contributed by atoms with Crippen LogP contribution in [0.25, 0.3) is 0 Å². The zero-order valence-electron chi connectivity index (χ0n) is 18.1. The summed E-state index contributed by atoms with van der Waals surface area (Å²) in [7, 11) is -1.78. The molecule has 146 valence electrons. The molecule has 0 N–H and O–H groups in total. The van der Waals surface area contributed by atoms with Gasteiger partial charge in [-0.05, 0) is 69.5 Å². The third-order valence-electron chi connectivity index (χ3n) is 6.12. The average molecular weight is 367 g/mol. The summed E-state index contributed by atoms with van der Waals surface area (Å²) in [6, 6.07) is 0. The fraction of sp³-hybridized carbons (Fsp3) is 0.864. The van der Waals surface area contributed by atoms with Crippen LogP contribution in [0, 0.1) is 11.8 Å². The van der Waals surface area contributed by atoms with Crippen molar-refractivity contribution >= 4 is 14.1 Å². The van der Waals surface area contributed by atoms with Crippen LogP contribution in [0.15, 0.2) is 11.6 Å². The highest BCUT2D eigenvalue weighted by Crippen LogP contribution is 2.40. The van der Waals surface area contributed by atoms with Gasteiger partial charge in [-0.2, -0.15) is 0 Å². The van der Waals surface area contributed by atoms with E-state index in [1.807, 2.05) is 0 Å². The number of Topliss-reactive ketones (excluding diaryl/α,β-unsaturated/α-hetero) is 1. The van der Waals surface area contributed by atoms with E-state index in [1.54, 1.807) is 0 Å². The van der Waals surface area contributed by atoms with Gasteiger partial charge in [0.25, 0.3) is 0 Å². The number of carbonyl (C=O) groups excluding carboxylic acids is 1. The Morgan fingerprint density at radius 2 is 1.88 bits per heavy atom. The van der Waals surface area contributed by atoms with Gasteiger partial charge in [-0.3, -0.25) is 4.79 Å². The number of ketones is 1. The summed E-state index contributed by atoms with van der Waals surface area (Å²) < 4.78 is 6.55. The molecule has 1 rings (SSSR count). The Labute approximate surface area is 157 Å². The molecule has 25 heavy (non-hydrogen) atoms. The first-order chi connectivity index (χ1) is 11.4. The molecule has 0 radical (unpaired) electrons. The molecule has 3 atom stereocenters. The molecule has 0 aromatic rings. The Balaban J connectivity index is 2.48. The first-order valence-electron chi connectivity index (χ1n) is 10.2. The van der Waals surface area contributed by atoms with Crippen molar-refractivity contribution in [1.29, 1.82) is 0 Å². The van der Waals surface area contributed by atoms with Gasteiger partial charge in [0.15, 0.2) is 8.32 Å². The lowest BCUT2D eigenvalue weighted by Crippen LogP contribution is -2.46. The molecular formula is C22H42O2Si. The van der Waals surface area contributed by atoms with Crippen molar-refractivity contribution < 1.29 is 9.22 Å². The van der Waals surface area contributed by atoms with Crippen LogP contribution < -0.4 is 0 Å². The van der Waals surface area contributed by atoms with Crippen LogP contribution in [-0.4, -0.2) is 20.2 Å². The van der Waals surface area contributed by atoms with Crippen molar-refractivity contribution in [3.8, 4) is 0 Å². The van der Waals surface area contributed by atoms with Crippen molar-refractivity contribution in [2.75, 3.05) is 0 Å². The molecular weight excluding hydrogens is 324 g/mol. The van der Waals surface area contributed by atoms with Crippen LogP contribution in [0.3, 0.4) is 0 Å². The third kappa shape index (κ3) is 8.21. The van der Waals surface area contributed by atoms with Gasteiger partial charge in [-0.15, -0.1) is 0 Å². The van der Waals surface area contributed by atoms with E-state index < -0.39 is 8.32 Å². The molecule has 0 bridgehead atoms. The van der Waals surface area contributed by atoms with Crippen LogP contribution >= 0.6 is 0 Å². The van der Waals surface area contributed by atoms with Gasteiger partial charge in [-0.25, -0.2) is 0 Å². The van der Waals surface area contributed by atoms with E-state index in [2.05, 4.69) is 60.7 Å². The molecule has 0 saturated heterocycles. The van der Waals surface area contributed by atoms with Gasteiger partial charge >= 0.3 is 0 Å². The lowest BCUT2D eigenvalue weighted by atomic mass is 9.82. The number of allylic oxidation sites excluding steroid dienone is 2. The fourth-order valence-corrected chi connectivity index (χ4v) is 4.79. The quantitative estimate of drug-likeness (QED) is 0.344. The largest absolute Gasteiger partial charge is 0.413 e. The van der Waals surface area contributed by atoms with Gasteiger partial charge in [0.2, 0.25) is 0 Å². The van der Waals surface area contributed by atoms with Crippen LogP contribution in [0.4, 0.5) is 0 Å². The summed E-state index contributed by atoms with van der Waals surface area (Å²) in [5.74, 6) is 1.69. The van der Waals surface area contributed by atoms with Gasteiger partial charge in [-0.1, -0.05) is 45.8 Å². The molecule has 0 spiro atoms. The average Bonchev–Trinajstić information content (AvgIpc) is 2.42. The van der Waals surface area contributed by atoms with E-state index in [9.17, 15) is 4.79 Å². The Morgan fingerprint density at radius 3 is 2.44 bits per heavy atom. The lowest BCUT2D eigenvalue weighted by Gasteiger charge is -2.41. The zero-order valence-corrected chi connectivity index (χ0v) is 19.1. The van der Waals surface area contributed by atoms with Crippen molar-refractivity contribution in [1.82, 2.24) is 0 Å². The first kappa shape index (κ1) is 22.6. The van der Waals surface area contributed by atoms with Crippen molar-refractivity contribution in [2.24, 2.45) is 11.8 Å². The molecule has 2 nitrogen and oxygen atoms in total. The Kier molecular flexibility index (Phi) is 8.60. The summed E-state index contributed by atoms with van der Waals surface area (Å²) in [5.41, 5.74) is 1.41. The van der Waals surface area contributed by atoms with Crippen LogP contribution in [0.1, 0.15) is 86.5 Å². The molecule has 0 amide bonds. The second kappa shape index (κ2) is 9.50. The lowest BCUT2D eigenvalue weighted by molar-refractivity contribution is -0.124. The number of hydrogen-bond acceptors (Lipinski definition) is 2. The number of rotatable bonds is 8. The fourth-order valence-electron chi connectivity index (χ4n) is 3.42. The Hall–Kier alpha value is -0.413. The summed E-state index contributed by atoms with van der Waals surface area (Å²) in [5, 5.41) is 0.211. The molecule has 1 saturated carbocycles. The third-order valence-corrected chi connectivity index (χ3v) is 10.7. The second-order valence-electron chi connectivity index (χ2n) is 10.1. The maximum absolute atomic E-state index is 12.2. The van der Waals surface area contributed by atoms with Crippen LogP contribution in [0.2, 0.25) is 18.1 Å². The number of carbonyl (C=O) groups is 1. The molecule has 1 aliphatic rings. The highest BCUT2D eigenvalue weighted by Gasteiger charge is 2.41. The monoisotopic (exact) mass is 366 g/mol. The van der Waals surface area contributed by atoms with Crippen molar-refractivity contribution in [3.05, 3.63) is 11.6 Å². The zero-order chi connectivity index (χ0) is 19.3. The topological polar surface area (TPSA) is 26.3 Å². The maximum atomic E-state index is 12.2. The highest BCUT2D eigenvalue weighted by molar-refractivity contribution is 6.74. The van der Waals surface area contributed by atoms with E-state index in [-0.39, 0.29) is 11.1 Å². The second-order valence-corrected chi connectivity index (χ2v) is 14.8. The molecule has 0 aromatic carbocycles. The van der Waals surface area contributed by atoms with Gasteiger partial charge in [0.1, 0.15) is 5.78 Å². The SMILES string of the molecule is CC(C)=CCC[C@@H](C)CC[C@@H]1CC(=O)C[C@@H](O[Si](C)(C)C(C)(C)C)C1. The summed E-state index contributed by atoms with van der Waals surface area (Å²) in [4.78, 5) is 12.2. The molecule has 0 aromatic heterocycles. The summed E-state index contributed by atoms with van der Waals surface area (Å²) in [6.45, 7) is 18.1. The van der Waals surface area contributed by atoms with E-state index >= 15 is 0 Å². The van der Waals surface area contributed by atoms with Gasteiger partial charge in [0.05, 0.1) is 6.10 Å². The van der Waals surface area contributed by atoms with E-state index in [1.165, 1.54) is 31.3 Å². The van der Waals surface area contributed by atoms with E-state index in [4.69, 9.17) is 4.43 Å². The normalized spacial score (nSPS) is 23.4. The van der Waals surface area contributed by atoms with Crippen molar-refractivity contribution in [2.45, 2.75) is 111 Å². The minimum atomic E-state index is -1.78. The van der Waals surface area contributed by atoms with Gasteiger partial charge < -0.3 is 4.43 Å². The van der Waals surface area contributed by atoms with Crippen LogP contribution in [-0.2, 0) is 9.22 Å². The molecule has 0 unspecified atom stereocenters. The van der Waals surface area contributed by atoms with E-state index in [0.717, 1.165) is 18.8 Å². The predicted octanol–water partition coefficient (Wildman–Crippen LogP) is 6.91. The van der Waals surface area contributed by atoms with Gasteiger partial charge in [0, 0.05) is 12.8 Å². The molecule has 1 aliphatic carbocycles. The molecule has 0 heterocycles.